The van der Waals surface area contributed by atoms with Crippen LogP contribution in [0.2, 0.25) is 0 Å². The first-order chi connectivity index (χ1) is 21.3. The summed E-state index contributed by atoms with van der Waals surface area (Å²) in [6.45, 7) is 0. The Labute approximate surface area is 254 Å². The van der Waals surface area contributed by atoms with Crippen molar-refractivity contribution in [2.75, 3.05) is 0 Å². The second-order valence-corrected chi connectivity index (χ2v) is 11.9. The smallest absolute Gasteiger partial charge is 0.164 e. The van der Waals surface area contributed by atoms with Crippen LogP contribution in [0.25, 0.3) is 59.6 Å². The van der Waals surface area contributed by atoms with Crippen molar-refractivity contribution >= 4 is 37.1 Å². The van der Waals surface area contributed by atoms with E-state index < -0.39 is 0 Å². The molecule has 0 N–H and O–H groups in total. The molecule has 5 aromatic carbocycles. The second-order valence-electron chi connectivity index (χ2n) is 10.8. The summed E-state index contributed by atoms with van der Waals surface area (Å²) in [4.78, 5) is 14.6. The van der Waals surface area contributed by atoms with Gasteiger partial charge in [0, 0.05) is 42.8 Å². The molecule has 0 saturated carbocycles. The van der Waals surface area contributed by atoms with Crippen molar-refractivity contribution in [3.63, 3.8) is 0 Å². The third kappa shape index (κ3) is 4.96. The van der Waals surface area contributed by atoms with Gasteiger partial charge in [-0.05, 0) is 41.3 Å². The molecule has 43 heavy (non-hydrogen) atoms. The van der Waals surface area contributed by atoms with Gasteiger partial charge in [-0.25, -0.2) is 15.0 Å². The zero-order valence-electron chi connectivity index (χ0n) is 23.4. The lowest BCUT2D eigenvalue weighted by molar-refractivity contribution is 0.854. The van der Waals surface area contributed by atoms with Crippen molar-refractivity contribution in [2.45, 2.75) is 12.3 Å². The van der Waals surface area contributed by atoms with Crippen LogP contribution in [0.4, 0.5) is 0 Å². The highest BCUT2D eigenvalue weighted by Gasteiger charge is 2.17. The van der Waals surface area contributed by atoms with E-state index in [1.807, 2.05) is 72.0 Å². The summed E-state index contributed by atoms with van der Waals surface area (Å²) < 4.78 is 2.67. The number of fused-ring (bicyclic) bond motifs is 3. The predicted molar refractivity (Wildman–Crippen MR) is 180 cm³/mol. The van der Waals surface area contributed by atoms with E-state index in [2.05, 4.69) is 85.0 Å². The minimum atomic E-state index is 0.290. The molecule has 0 saturated heterocycles. The highest BCUT2D eigenvalue weighted by atomic mass is 32.1. The third-order valence-electron chi connectivity index (χ3n) is 8.08. The van der Waals surface area contributed by atoms with Crippen molar-refractivity contribution in [1.82, 2.24) is 15.0 Å². The van der Waals surface area contributed by atoms with Crippen molar-refractivity contribution in [1.29, 1.82) is 0 Å². The number of hydrogen-bond acceptors (Lipinski definition) is 4. The summed E-state index contributed by atoms with van der Waals surface area (Å²) in [5.41, 5.74) is 6.79. The SMILES string of the molecule is C1=CC(c2cccc(-c3ccc4sc5ccccc5c4c3)c2)CC=C1c1nc(-c2ccccc2)nc(-c2ccccc2)n1. The first-order valence-corrected chi connectivity index (χ1v) is 15.4. The van der Waals surface area contributed by atoms with E-state index in [1.165, 1.54) is 36.9 Å². The Kier molecular flexibility index (Phi) is 6.47. The summed E-state index contributed by atoms with van der Waals surface area (Å²) >= 11 is 1.86. The van der Waals surface area contributed by atoms with Crippen molar-refractivity contribution in [3.8, 4) is 33.9 Å². The highest BCUT2D eigenvalue weighted by Crippen LogP contribution is 2.37. The van der Waals surface area contributed by atoms with E-state index in [9.17, 15) is 0 Å². The third-order valence-corrected chi connectivity index (χ3v) is 9.23. The Hall–Kier alpha value is -5.19. The Bertz CT molecular complexity index is 2100. The van der Waals surface area contributed by atoms with Gasteiger partial charge < -0.3 is 0 Å². The van der Waals surface area contributed by atoms with Gasteiger partial charge in [0.25, 0.3) is 0 Å². The molecule has 0 fully saturated rings. The number of nitrogens with zero attached hydrogens (tertiary/aromatic N) is 3. The van der Waals surface area contributed by atoms with Crippen molar-refractivity contribution in [3.05, 3.63) is 157 Å². The van der Waals surface area contributed by atoms with E-state index in [0.29, 0.717) is 23.4 Å². The molecular weight excluding hydrogens is 543 g/mol. The molecule has 204 valence electrons. The van der Waals surface area contributed by atoms with Crippen LogP contribution in [0.1, 0.15) is 23.7 Å². The molecule has 3 nitrogen and oxygen atoms in total. The fraction of sp³-hybridized carbons (Fsp3) is 0.0513. The summed E-state index contributed by atoms with van der Waals surface area (Å²) in [5, 5.41) is 2.66. The van der Waals surface area contributed by atoms with E-state index in [4.69, 9.17) is 15.0 Å². The van der Waals surface area contributed by atoms with Gasteiger partial charge in [-0.3, -0.25) is 0 Å². The molecule has 2 aromatic heterocycles. The van der Waals surface area contributed by atoms with Crippen LogP contribution in [-0.2, 0) is 0 Å². The van der Waals surface area contributed by atoms with Gasteiger partial charge in [-0.1, -0.05) is 127 Å². The van der Waals surface area contributed by atoms with Crippen LogP contribution in [-0.4, -0.2) is 15.0 Å². The predicted octanol–water partition coefficient (Wildman–Crippen LogP) is 10.4. The average molecular weight is 570 g/mol. The number of rotatable bonds is 5. The topological polar surface area (TPSA) is 38.7 Å². The first kappa shape index (κ1) is 25.5. The minimum absolute atomic E-state index is 0.290. The van der Waals surface area contributed by atoms with Gasteiger partial charge in [0.05, 0.1) is 0 Å². The van der Waals surface area contributed by atoms with Crippen LogP contribution < -0.4 is 0 Å². The molecule has 0 radical (unpaired) electrons. The molecule has 1 aliphatic carbocycles. The standard InChI is InChI=1S/C39H27N3S/c1-3-10-27(11-4-1)37-40-38(28-12-5-2-6-13-28)42-39(41-37)29-20-18-26(19-21-29)30-14-9-15-31(24-30)32-22-23-36-34(25-32)33-16-7-8-17-35(33)43-36/h1-18,20-26H,19H2. The monoisotopic (exact) mass is 569 g/mol. The fourth-order valence-electron chi connectivity index (χ4n) is 5.83. The van der Waals surface area contributed by atoms with Gasteiger partial charge in [0.2, 0.25) is 0 Å². The van der Waals surface area contributed by atoms with Gasteiger partial charge >= 0.3 is 0 Å². The lowest BCUT2D eigenvalue weighted by Gasteiger charge is -2.18. The van der Waals surface area contributed by atoms with Crippen LogP contribution in [0, 0.1) is 0 Å². The van der Waals surface area contributed by atoms with Gasteiger partial charge in [-0.2, -0.15) is 0 Å². The molecule has 0 aliphatic heterocycles. The van der Waals surface area contributed by atoms with Crippen LogP contribution >= 0.6 is 11.3 Å². The largest absolute Gasteiger partial charge is 0.208 e. The minimum Gasteiger partial charge on any atom is -0.208 e. The van der Waals surface area contributed by atoms with Crippen LogP contribution in [0.3, 0.4) is 0 Å². The zero-order chi connectivity index (χ0) is 28.6. The molecule has 0 spiro atoms. The average Bonchev–Trinajstić information content (AvgIpc) is 3.47. The van der Waals surface area contributed by atoms with Gasteiger partial charge in [0.1, 0.15) is 0 Å². The summed E-state index contributed by atoms with van der Waals surface area (Å²) in [6.07, 6.45) is 7.61. The number of thiophene rings is 1. The van der Waals surface area contributed by atoms with Crippen molar-refractivity contribution in [2.24, 2.45) is 0 Å². The number of allylic oxidation sites excluding steroid dienone is 4. The maximum absolute atomic E-state index is 4.91. The maximum atomic E-state index is 4.91. The second kappa shape index (κ2) is 10.9. The van der Waals surface area contributed by atoms with E-state index in [-0.39, 0.29) is 0 Å². The summed E-state index contributed by atoms with van der Waals surface area (Å²) in [7, 11) is 0. The maximum Gasteiger partial charge on any atom is 0.164 e. The van der Waals surface area contributed by atoms with E-state index in [1.54, 1.807) is 0 Å². The molecule has 1 aliphatic rings. The Morgan fingerprint density at radius 3 is 1.86 bits per heavy atom. The summed E-state index contributed by atoms with van der Waals surface area (Å²) in [6, 6.07) is 44.7. The number of benzene rings is 5. The van der Waals surface area contributed by atoms with Crippen LogP contribution in [0.15, 0.2) is 146 Å². The normalized spacial score (nSPS) is 14.7. The molecule has 4 heteroatoms. The van der Waals surface area contributed by atoms with Crippen molar-refractivity contribution < 1.29 is 0 Å². The summed E-state index contributed by atoms with van der Waals surface area (Å²) in [5.74, 6) is 2.36. The Morgan fingerprint density at radius 2 is 1.14 bits per heavy atom. The number of hydrogen-bond donors (Lipinski definition) is 0. The van der Waals surface area contributed by atoms with Crippen LogP contribution in [0.5, 0.6) is 0 Å². The van der Waals surface area contributed by atoms with E-state index in [0.717, 1.165) is 23.1 Å². The van der Waals surface area contributed by atoms with E-state index >= 15 is 0 Å². The molecule has 1 unspecified atom stereocenters. The van der Waals surface area contributed by atoms with Gasteiger partial charge in [-0.15, -0.1) is 11.3 Å². The molecular formula is C39H27N3S. The number of aromatic nitrogens is 3. The molecule has 0 amide bonds. The van der Waals surface area contributed by atoms with Gasteiger partial charge in [0.15, 0.2) is 17.5 Å². The Morgan fingerprint density at radius 1 is 0.512 bits per heavy atom. The first-order valence-electron chi connectivity index (χ1n) is 14.6. The molecule has 7 aromatic rings. The molecule has 8 rings (SSSR count). The Balaban J connectivity index is 1.10. The molecule has 2 heterocycles. The quantitative estimate of drug-likeness (QED) is 0.207. The lowest BCUT2D eigenvalue weighted by atomic mass is 9.88. The molecule has 0 bridgehead atoms. The molecule has 1 atom stereocenters. The lowest BCUT2D eigenvalue weighted by Crippen LogP contribution is -2.05. The zero-order valence-corrected chi connectivity index (χ0v) is 24.2. The fourth-order valence-corrected chi connectivity index (χ4v) is 6.91. The highest BCUT2D eigenvalue weighted by molar-refractivity contribution is 7.25.